The lowest BCUT2D eigenvalue weighted by Crippen LogP contribution is -2.41. The Labute approximate surface area is 113 Å². The van der Waals surface area contributed by atoms with Crippen LogP contribution in [0.15, 0.2) is 17.3 Å². The number of alkyl halides is 1. The van der Waals surface area contributed by atoms with Crippen LogP contribution in [0.5, 0.6) is 0 Å². The largest absolute Gasteiger partial charge is 0.270 e. The molecule has 1 atom stereocenters. The number of hydrogen-bond acceptors (Lipinski definition) is 3. The highest BCUT2D eigenvalue weighted by Crippen LogP contribution is 2.24. The number of hydrogen-bond donors (Lipinski definition) is 0. The second kappa shape index (κ2) is 5.59. The maximum absolute atomic E-state index is 12.5. The molecular formula is C11H18ClN3O2S. The van der Waals surface area contributed by atoms with Gasteiger partial charge in [-0.05, 0) is 19.8 Å². The molecule has 0 N–H and O–H groups in total. The van der Waals surface area contributed by atoms with E-state index in [1.54, 1.807) is 15.2 Å². The second-order valence-corrected chi connectivity index (χ2v) is 6.86. The van der Waals surface area contributed by atoms with E-state index in [9.17, 15) is 8.42 Å². The predicted octanol–water partition coefficient (Wildman–Crippen LogP) is 1.68. The number of halogens is 1. The highest BCUT2D eigenvalue weighted by Gasteiger charge is 2.31. The van der Waals surface area contributed by atoms with Crippen molar-refractivity contribution in [1.82, 2.24) is 14.1 Å². The smallest absolute Gasteiger partial charge is 0.246 e. The SMILES string of the molecule is CC1CCCCN1S(=O)(=O)c1cnn(CCCl)c1. The van der Waals surface area contributed by atoms with Gasteiger partial charge in [0.1, 0.15) is 4.90 Å². The van der Waals surface area contributed by atoms with Gasteiger partial charge in [0.15, 0.2) is 0 Å². The standard InChI is InChI=1S/C11H18ClN3O2S/c1-10-4-2-3-6-15(10)18(16,17)11-8-13-14(9-11)7-5-12/h8-10H,2-7H2,1H3. The first-order valence-corrected chi connectivity index (χ1v) is 8.13. The molecule has 1 aromatic heterocycles. The average molecular weight is 292 g/mol. The van der Waals surface area contributed by atoms with Crippen molar-refractivity contribution in [2.45, 2.75) is 43.7 Å². The van der Waals surface area contributed by atoms with Crippen molar-refractivity contribution >= 4 is 21.6 Å². The molecule has 1 aliphatic heterocycles. The molecule has 1 saturated heterocycles. The fourth-order valence-corrected chi connectivity index (χ4v) is 4.08. The van der Waals surface area contributed by atoms with Gasteiger partial charge in [-0.3, -0.25) is 4.68 Å². The molecule has 1 fully saturated rings. The Morgan fingerprint density at radius 2 is 2.28 bits per heavy atom. The molecule has 1 aliphatic rings. The Morgan fingerprint density at radius 1 is 1.50 bits per heavy atom. The van der Waals surface area contributed by atoms with Crippen molar-refractivity contribution in [1.29, 1.82) is 0 Å². The van der Waals surface area contributed by atoms with Crippen molar-refractivity contribution in [3.8, 4) is 0 Å². The fourth-order valence-electron chi connectivity index (χ4n) is 2.25. The summed E-state index contributed by atoms with van der Waals surface area (Å²) < 4.78 is 28.1. The molecule has 0 bridgehead atoms. The third-order valence-electron chi connectivity index (χ3n) is 3.27. The molecule has 18 heavy (non-hydrogen) atoms. The van der Waals surface area contributed by atoms with Crippen molar-refractivity contribution in [3.05, 3.63) is 12.4 Å². The van der Waals surface area contributed by atoms with Crippen molar-refractivity contribution in [2.24, 2.45) is 0 Å². The lowest BCUT2D eigenvalue weighted by atomic mass is 10.1. The number of piperidine rings is 1. The number of aryl methyl sites for hydroxylation is 1. The van der Waals surface area contributed by atoms with Gasteiger partial charge in [0.25, 0.3) is 0 Å². The van der Waals surface area contributed by atoms with Crippen LogP contribution in [-0.2, 0) is 16.6 Å². The molecule has 0 aromatic carbocycles. The Morgan fingerprint density at radius 3 is 2.94 bits per heavy atom. The van der Waals surface area contributed by atoms with Crippen LogP contribution in [-0.4, -0.2) is 41.0 Å². The maximum atomic E-state index is 12.5. The van der Waals surface area contributed by atoms with E-state index in [1.807, 2.05) is 6.92 Å². The molecule has 1 aromatic rings. The summed E-state index contributed by atoms with van der Waals surface area (Å²) in [7, 11) is -3.40. The summed E-state index contributed by atoms with van der Waals surface area (Å²) in [6.07, 6.45) is 5.91. The molecule has 0 spiro atoms. The first-order chi connectivity index (χ1) is 8.55. The minimum Gasteiger partial charge on any atom is -0.270 e. The predicted molar refractivity (Wildman–Crippen MR) is 70.2 cm³/mol. The Kier molecular flexibility index (Phi) is 4.29. The quantitative estimate of drug-likeness (QED) is 0.793. The normalized spacial score (nSPS) is 22.2. The molecule has 0 radical (unpaired) electrons. The van der Waals surface area contributed by atoms with Crippen LogP contribution in [0.2, 0.25) is 0 Å². The zero-order valence-electron chi connectivity index (χ0n) is 10.4. The monoisotopic (exact) mass is 291 g/mol. The van der Waals surface area contributed by atoms with Crippen LogP contribution in [0.1, 0.15) is 26.2 Å². The lowest BCUT2D eigenvalue weighted by molar-refractivity contribution is 0.268. The number of sulfonamides is 1. The lowest BCUT2D eigenvalue weighted by Gasteiger charge is -2.31. The first kappa shape index (κ1) is 13.8. The molecule has 7 heteroatoms. The molecular weight excluding hydrogens is 274 g/mol. The van der Waals surface area contributed by atoms with Crippen molar-refractivity contribution in [3.63, 3.8) is 0 Å². The fraction of sp³-hybridized carbons (Fsp3) is 0.727. The third kappa shape index (κ3) is 2.70. The summed E-state index contributed by atoms with van der Waals surface area (Å²) >= 11 is 5.61. The summed E-state index contributed by atoms with van der Waals surface area (Å²) in [6.45, 7) is 3.08. The highest BCUT2D eigenvalue weighted by molar-refractivity contribution is 7.89. The topological polar surface area (TPSA) is 55.2 Å². The van der Waals surface area contributed by atoms with Gasteiger partial charge in [-0.2, -0.15) is 9.40 Å². The van der Waals surface area contributed by atoms with Crippen molar-refractivity contribution < 1.29 is 8.42 Å². The number of nitrogens with zero attached hydrogens (tertiary/aromatic N) is 3. The summed E-state index contributed by atoms with van der Waals surface area (Å²) in [5.41, 5.74) is 0. The van der Waals surface area contributed by atoms with Gasteiger partial charge < -0.3 is 0 Å². The van der Waals surface area contributed by atoms with Crippen LogP contribution >= 0.6 is 11.6 Å². The van der Waals surface area contributed by atoms with Crippen LogP contribution < -0.4 is 0 Å². The maximum Gasteiger partial charge on any atom is 0.246 e. The Bertz CT molecular complexity index is 500. The molecule has 5 nitrogen and oxygen atoms in total. The van der Waals surface area contributed by atoms with E-state index in [-0.39, 0.29) is 10.9 Å². The minimum atomic E-state index is -3.40. The molecule has 1 unspecified atom stereocenters. The third-order valence-corrected chi connectivity index (χ3v) is 5.41. The van der Waals surface area contributed by atoms with Crippen LogP contribution in [0.3, 0.4) is 0 Å². The summed E-state index contributed by atoms with van der Waals surface area (Å²) in [4.78, 5) is 0.265. The number of rotatable bonds is 4. The van der Waals surface area contributed by atoms with Gasteiger partial charge in [-0.25, -0.2) is 8.42 Å². The van der Waals surface area contributed by atoms with E-state index in [4.69, 9.17) is 11.6 Å². The van der Waals surface area contributed by atoms with E-state index in [0.29, 0.717) is 19.0 Å². The highest BCUT2D eigenvalue weighted by atomic mass is 35.5. The molecule has 2 heterocycles. The summed E-state index contributed by atoms with van der Waals surface area (Å²) in [5, 5.41) is 4.02. The summed E-state index contributed by atoms with van der Waals surface area (Å²) in [5.74, 6) is 0.418. The van der Waals surface area contributed by atoms with Crippen LogP contribution in [0, 0.1) is 0 Å². The van der Waals surface area contributed by atoms with Gasteiger partial charge in [0, 0.05) is 24.7 Å². The first-order valence-electron chi connectivity index (χ1n) is 6.16. The van der Waals surface area contributed by atoms with E-state index >= 15 is 0 Å². The molecule has 102 valence electrons. The summed E-state index contributed by atoms with van der Waals surface area (Å²) in [6, 6.07) is 0.0696. The van der Waals surface area contributed by atoms with Gasteiger partial charge in [-0.15, -0.1) is 11.6 Å². The van der Waals surface area contributed by atoms with Gasteiger partial charge in [-0.1, -0.05) is 6.42 Å². The second-order valence-electron chi connectivity index (χ2n) is 4.59. The average Bonchev–Trinajstić information content (AvgIpc) is 2.79. The molecule has 2 rings (SSSR count). The van der Waals surface area contributed by atoms with E-state index in [1.165, 1.54) is 6.20 Å². The van der Waals surface area contributed by atoms with E-state index < -0.39 is 10.0 Å². The van der Waals surface area contributed by atoms with Gasteiger partial charge in [0.2, 0.25) is 10.0 Å². The zero-order valence-corrected chi connectivity index (χ0v) is 12.0. The zero-order chi connectivity index (χ0) is 13.2. The number of aromatic nitrogens is 2. The minimum absolute atomic E-state index is 0.0696. The van der Waals surface area contributed by atoms with Gasteiger partial charge >= 0.3 is 0 Å². The Hall–Kier alpha value is -0.590. The molecule has 0 amide bonds. The van der Waals surface area contributed by atoms with Crippen molar-refractivity contribution in [2.75, 3.05) is 12.4 Å². The molecule has 0 aliphatic carbocycles. The van der Waals surface area contributed by atoms with Gasteiger partial charge in [0.05, 0.1) is 12.7 Å². The Balaban J connectivity index is 2.23. The van der Waals surface area contributed by atoms with E-state index in [0.717, 1.165) is 19.3 Å². The molecule has 0 saturated carbocycles. The van der Waals surface area contributed by atoms with Crippen LogP contribution in [0.4, 0.5) is 0 Å². The van der Waals surface area contributed by atoms with Crippen LogP contribution in [0.25, 0.3) is 0 Å². The van der Waals surface area contributed by atoms with E-state index in [2.05, 4.69) is 5.10 Å².